The molecule has 1 unspecified atom stereocenters. The van der Waals surface area contributed by atoms with E-state index in [2.05, 4.69) is 41.5 Å². The lowest BCUT2D eigenvalue weighted by molar-refractivity contribution is -0.117. The van der Waals surface area contributed by atoms with Crippen LogP contribution in [0.4, 0.5) is 11.8 Å². The average Bonchev–Trinajstić information content (AvgIpc) is 3.78. The number of hydrogen-bond donors (Lipinski definition) is 3. The van der Waals surface area contributed by atoms with Gasteiger partial charge in [0, 0.05) is 38.9 Å². The molecular formula is C28H44N6O5Si. The molecule has 1 saturated carbocycles. The monoisotopic (exact) mass is 572 g/mol. The van der Waals surface area contributed by atoms with E-state index in [1.165, 1.54) is 0 Å². The van der Waals surface area contributed by atoms with Gasteiger partial charge in [0.1, 0.15) is 31.5 Å². The summed E-state index contributed by atoms with van der Waals surface area (Å²) in [5, 5.41) is 11.9. The smallest absolute Gasteiger partial charge is 0.234 e. The third kappa shape index (κ3) is 9.54. The third-order valence-corrected chi connectivity index (χ3v) is 8.11. The Balaban J connectivity index is 1.94. The number of aliphatic hydroxyl groups is 1. The molecule has 11 nitrogen and oxygen atoms in total. The van der Waals surface area contributed by atoms with Crippen molar-refractivity contribution in [1.29, 1.82) is 0 Å². The molecule has 1 fully saturated rings. The molecule has 0 aromatic carbocycles. The first-order valence-corrected chi connectivity index (χ1v) is 17.6. The number of carbonyl (C=O) groups excluding carboxylic acids is 1. The van der Waals surface area contributed by atoms with Crippen molar-refractivity contribution >= 4 is 25.7 Å². The van der Waals surface area contributed by atoms with Crippen LogP contribution in [0.3, 0.4) is 0 Å². The van der Waals surface area contributed by atoms with Gasteiger partial charge in [-0.3, -0.25) is 15.1 Å². The second-order valence-electron chi connectivity index (χ2n) is 11.0. The molecule has 1 amide bonds. The lowest BCUT2D eigenvalue weighted by Crippen LogP contribution is -2.42. The molecule has 4 N–H and O–H groups in total. The van der Waals surface area contributed by atoms with Crippen LogP contribution in [0.25, 0.3) is 0 Å². The van der Waals surface area contributed by atoms with Crippen molar-refractivity contribution in [2.24, 2.45) is 11.7 Å². The van der Waals surface area contributed by atoms with Crippen molar-refractivity contribution in [2.75, 3.05) is 43.3 Å². The Hall–Kier alpha value is -3.06. The normalized spacial score (nSPS) is 13.9. The van der Waals surface area contributed by atoms with Crippen molar-refractivity contribution < 1.29 is 24.1 Å². The van der Waals surface area contributed by atoms with Gasteiger partial charge in [-0.15, -0.1) is 6.58 Å². The molecule has 2 heterocycles. The summed E-state index contributed by atoms with van der Waals surface area (Å²) >= 11 is 0. The molecule has 220 valence electrons. The lowest BCUT2D eigenvalue weighted by atomic mass is 10.1. The Kier molecular flexibility index (Phi) is 11.9. The summed E-state index contributed by atoms with van der Waals surface area (Å²) in [6, 6.07) is 2.57. The molecule has 12 heteroatoms. The van der Waals surface area contributed by atoms with E-state index in [1.54, 1.807) is 24.5 Å². The maximum atomic E-state index is 12.6. The first kappa shape index (κ1) is 31.5. The van der Waals surface area contributed by atoms with Gasteiger partial charge in [0.25, 0.3) is 0 Å². The number of nitrogens with zero attached hydrogens (tertiary/aromatic N) is 4. The second-order valence-corrected chi connectivity index (χ2v) is 16.6. The zero-order valence-corrected chi connectivity index (χ0v) is 25.2. The number of pyridine rings is 1. The van der Waals surface area contributed by atoms with Gasteiger partial charge < -0.3 is 30.0 Å². The van der Waals surface area contributed by atoms with Gasteiger partial charge in [0.2, 0.25) is 17.7 Å². The molecule has 2 aromatic heterocycles. The van der Waals surface area contributed by atoms with Crippen molar-refractivity contribution in [1.82, 2.24) is 15.0 Å². The summed E-state index contributed by atoms with van der Waals surface area (Å²) < 4.78 is 17.8. The maximum absolute atomic E-state index is 12.6. The number of ether oxygens (including phenoxy) is 3. The number of amides is 1. The lowest BCUT2D eigenvalue weighted by Gasteiger charge is -2.32. The highest BCUT2D eigenvalue weighted by Crippen LogP contribution is 2.33. The van der Waals surface area contributed by atoms with Gasteiger partial charge >= 0.3 is 0 Å². The Morgan fingerprint density at radius 1 is 1.27 bits per heavy atom. The summed E-state index contributed by atoms with van der Waals surface area (Å²) in [7, 11) is -1.27. The Bertz CT molecular complexity index is 1120. The van der Waals surface area contributed by atoms with Crippen LogP contribution in [-0.4, -0.2) is 73.2 Å². The Morgan fingerprint density at radius 3 is 2.67 bits per heavy atom. The van der Waals surface area contributed by atoms with Crippen molar-refractivity contribution in [3.05, 3.63) is 42.2 Å². The van der Waals surface area contributed by atoms with E-state index in [1.807, 2.05) is 11.8 Å². The summed E-state index contributed by atoms with van der Waals surface area (Å²) in [5.74, 6) is 1.53. The van der Waals surface area contributed by atoms with Crippen LogP contribution in [0.1, 0.15) is 30.9 Å². The van der Waals surface area contributed by atoms with Gasteiger partial charge in [-0.05, 0) is 31.4 Å². The van der Waals surface area contributed by atoms with E-state index in [4.69, 9.17) is 30.0 Å². The van der Waals surface area contributed by atoms with Crippen molar-refractivity contribution in [3.8, 4) is 11.6 Å². The van der Waals surface area contributed by atoms with E-state index in [0.29, 0.717) is 37.0 Å². The van der Waals surface area contributed by atoms with E-state index >= 15 is 0 Å². The van der Waals surface area contributed by atoms with Crippen LogP contribution < -0.4 is 25.4 Å². The maximum Gasteiger partial charge on any atom is 0.234 e. The van der Waals surface area contributed by atoms with E-state index in [0.717, 1.165) is 30.0 Å². The highest BCUT2D eigenvalue weighted by Gasteiger charge is 2.31. The largest absolute Gasteiger partial charge is 0.490 e. The predicted octanol–water partition coefficient (Wildman–Crippen LogP) is 3.36. The number of aromatic nitrogens is 3. The van der Waals surface area contributed by atoms with Crippen LogP contribution >= 0.6 is 0 Å². The van der Waals surface area contributed by atoms with Crippen molar-refractivity contribution in [2.45, 2.75) is 64.5 Å². The highest BCUT2D eigenvalue weighted by atomic mass is 28.3. The van der Waals surface area contributed by atoms with E-state index in [-0.39, 0.29) is 50.4 Å². The predicted molar refractivity (Wildman–Crippen MR) is 158 cm³/mol. The van der Waals surface area contributed by atoms with E-state index in [9.17, 15) is 4.79 Å². The zero-order chi connectivity index (χ0) is 29.1. The minimum atomic E-state index is -1.27. The molecule has 1 aliphatic rings. The third-order valence-electron chi connectivity index (χ3n) is 6.40. The number of anilines is 2. The van der Waals surface area contributed by atoms with Gasteiger partial charge in [-0.2, -0.15) is 9.97 Å². The first-order chi connectivity index (χ1) is 19.2. The topological polar surface area (TPSA) is 145 Å². The number of hydrogen-bond acceptors (Lipinski definition) is 10. The number of carbonyl (C=O) groups is 1. The van der Waals surface area contributed by atoms with Crippen LogP contribution in [0.15, 0.2) is 31.1 Å². The summed E-state index contributed by atoms with van der Waals surface area (Å²) in [4.78, 5) is 28.2. The molecule has 0 saturated heterocycles. The molecule has 1 aliphatic carbocycles. The molecule has 0 spiro atoms. The minimum absolute atomic E-state index is 0.0130. The molecular weight excluding hydrogens is 528 g/mol. The average molecular weight is 573 g/mol. The summed E-state index contributed by atoms with van der Waals surface area (Å²) in [6.07, 6.45) is 7.32. The first-order valence-electron chi connectivity index (χ1n) is 13.9. The summed E-state index contributed by atoms with van der Waals surface area (Å²) in [6.45, 7) is 14.3. The van der Waals surface area contributed by atoms with Gasteiger partial charge in [0.05, 0.1) is 24.4 Å². The highest BCUT2D eigenvalue weighted by molar-refractivity contribution is 6.76. The molecule has 3 rings (SSSR count). The minimum Gasteiger partial charge on any atom is -0.490 e. The van der Waals surface area contributed by atoms with Gasteiger partial charge in [-0.1, -0.05) is 32.6 Å². The quantitative estimate of drug-likeness (QED) is 0.105. The van der Waals surface area contributed by atoms with Gasteiger partial charge in [0.15, 0.2) is 0 Å². The van der Waals surface area contributed by atoms with Crippen molar-refractivity contribution in [3.63, 3.8) is 0 Å². The number of nitrogens with one attached hydrogen (secondary N) is 1. The fourth-order valence-electron chi connectivity index (χ4n) is 3.87. The zero-order valence-electron chi connectivity index (χ0n) is 24.2. The van der Waals surface area contributed by atoms with E-state index < -0.39 is 8.07 Å². The fraction of sp³-hybridized carbons (Fsp3) is 0.571. The molecule has 1 atom stereocenters. The SMILES string of the molecule is C=CC(CN)N(COCC[Si](C)(C)C)c1nc(NC(=O)C2CC2)nc(OCc2cncc(OCCO)c2)c1CC. The fourth-order valence-corrected chi connectivity index (χ4v) is 4.63. The van der Waals surface area contributed by atoms with Crippen LogP contribution in [-0.2, 0) is 22.6 Å². The number of rotatable bonds is 18. The summed E-state index contributed by atoms with van der Waals surface area (Å²) in [5.41, 5.74) is 7.66. The molecule has 0 aliphatic heterocycles. The number of aliphatic hydroxyl groups excluding tert-OH is 1. The molecule has 0 radical (unpaired) electrons. The van der Waals surface area contributed by atoms with Crippen LogP contribution in [0, 0.1) is 5.92 Å². The number of nitrogens with two attached hydrogens (primary N) is 1. The second kappa shape index (κ2) is 15.1. The molecule has 40 heavy (non-hydrogen) atoms. The van der Waals surface area contributed by atoms with Crippen LogP contribution in [0.2, 0.25) is 25.7 Å². The Morgan fingerprint density at radius 2 is 2.05 bits per heavy atom. The molecule has 2 aromatic rings. The molecule has 0 bridgehead atoms. The Labute approximate surface area is 238 Å². The van der Waals surface area contributed by atoms with Gasteiger partial charge in [-0.25, -0.2) is 0 Å². The van der Waals surface area contributed by atoms with Crippen LogP contribution in [0.5, 0.6) is 11.6 Å². The standard InChI is InChI=1S/C28H44N6O5Si/c1-6-22(15-29)34(19-37-12-13-40(3,4)5)25-24(7-2)27(33-28(31-25)32-26(36)21-8-9-21)39-18-20-14-23(17-30-16-20)38-11-10-35/h6,14,16-17,21-22,35H,1,7-13,15,18-19,29H2,2-5H3,(H,31,32,33,36).